The highest BCUT2D eigenvalue weighted by atomic mass is 19.1. The maximum atomic E-state index is 13.8. The highest BCUT2D eigenvalue weighted by Gasteiger charge is 2.17. The summed E-state index contributed by atoms with van der Waals surface area (Å²) in [5.41, 5.74) is 0.380. The molecule has 0 amide bonds. The van der Waals surface area contributed by atoms with Gasteiger partial charge in [0.15, 0.2) is 11.1 Å². The normalized spacial score (nSPS) is 11.3. The smallest absolute Gasteiger partial charge is 0.366 e. The molecule has 2 aromatic carbocycles. The van der Waals surface area contributed by atoms with Crippen LogP contribution in [0.2, 0.25) is 0 Å². The van der Waals surface area contributed by atoms with Gasteiger partial charge in [-0.15, -0.1) is 0 Å². The summed E-state index contributed by atoms with van der Waals surface area (Å²) in [6.07, 6.45) is 0. The average Bonchev–Trinajstić information content (AvgIpc) is 2.94. The topological polar surface area (TPSA) is 56.2 Å². The van der Waals surface area contributed by atoms with Crippen molar-refractivity contribution in [3.63, 3.8) is 0 Å². The van der Waals surface area contributed by atoms with Crippen LogP contribution < -0.4 is 5.63 Å². The maximum absolute atomic E-state index is 13.8. The second-order valence-corrected chi connectivity index (χ2v) is 4.56. The quantitative estimate of drug-likeness (QED) is 0.499. The van der Waals surface area contributed by atoms with Crippen LogP contribution in [-0.4, -0.2) is 4.98 Å². The van der Waals surface area contributed by atoms with E-state index in [0.29, 0.717) is 16.6 Å². The fourth-order valence-corrected chi connectivity index (χ4v) is 2.28. The van der Waals surface area contributed by atoms with Crippen molar-refractivity contribution in [2.75, 3.05) is 0 Å². The van der Waals surface area contributed by atoms with Crippen LogP contribution in [0.3, 0.4) is 0 Å². The number of halogens is 1. The van der Waals surface area contributed by atoms with Gasteiger partial charge in [0, 0.05) is 0 Å². The molecule has 0 N–H and O–H groups in total. The summed E-state index contributed by atoms with van der Waals surface area (Å²) in [4.78, 5) is 16.0. The molecule has 0 fully saturated rings. The van der Waals surface area contributed by atoms with Gasteiger partial charge in [-0.2, -0.15) is 0 Å². The van der Waals surface area contributed by atoms with Gasteiger partial charge < -0.3 is 8.83 Å². The van der Waals surface area contributed by atoms with Crippen LogP contribution in [0.25, 0.3) is 33.5 Å². The second kappa shape index (κ2) is 4.28. The Morgan fingerprint density at radius 1 is 0.952 bits per heavy atom. The van der Waals surface area contributed by atoms with Crippen molar-refractivity contribution >= 4 is 22.1 Å². The Morgan fingerprint density at radius 2 is 1.71 bits per heavy atom. The van der Waals surface area contributed by atoms with E-state index in [9.17, 15) is 9.18 Å². The molecule has 102 valence electrons. The molecule has 0 bridgehead atoms. The molecular weight excluding hydrogens is 273 g/mol. The number of hydrogen-bond donors (Lipinski definition) is 0. The Kier molecular flexibility index (Phi) is 2.41. The van der Waals surface area contributed by atoms with Crippen molar-refractivity contribution in [2.24, 2.45) is 0 Å². The highest BCUT2D eigenvalue weighted by Crippen LogP contribution is 2.29. The molecule has 21 heavy (non-hydrogen) atoms. The summed E-state index contributed by atoms with van der Waals surface area (Å²) in [5, 5.41) is 0.627. The number of hydrogen-bond acceptors (Lipinski definition) is 4. The maximum Gasteiger partial charge on any atom is 0.366 e. The summed E-state index contributed by atoms with van der Waals surface area (Å²) in [6.45, 7) is 0. The fourth-order valence-electron chi connectivity index (χ4n) is 2.28. The predicted octanol–water partition coefficient (Wildman–Crippen LogP) is 3.74. The number of fused-ring (bicyclic) bond motifs is 3. The number of rotatable bonds is 1. The van der Waals surface area contributed by atoms with Gasteiger partial charge in [0.25, 0.3) is 0 Å². The Morgan fingerprint density at radius 3 is 2.57 bits per heavy atom. The van der Waals surface area contributed by atoms with Gasteiger partial charge in [0.05, 0.1) is 10.9 Å². The van der Waals surface area contributed by atoms with E-state index in [0.717, 1.165) is 0 Å². The zero-order valence-electron chi connectivity index (χ0n) is 10.7. The summed E-state index contributed by atoms with van der Waals surface area (Å²) in [5.74, 6) is -0.399. The lowest BCUT2D eigenvalue weighted by atomic mass is 10.2. The van der Waals surface area contributed by atoms with E-state index < -0.39 is 11.4 Å². The van der Waals surface area contributed by atoms with E-state index in [-0.39, 0.29) is 17.0 Å². The van der Waals surface area contributed by atoms with Crippen LogP contribution >= 0.6 is 0 Å². The minimum Gasteiger partial charge on any atom is -0.435 e. The van der Waals surface area contributed by atoms with Crippen LogP contribution in [0.4, 0.5) is 4.39 Å². The summed E-state index contributed by atoms with van der Waals surface area (Å²) < 4.78 is 24.6. The third-order valence-electron chi connectivity index (χ3n) is 3.26. The minimum atomic E-state index is -0.602. The SMILES string of the molecule is O=c1oc2ccccc2c2oc(-c3ccccc3F)nc12. The zero-order valence-corrected chi connectivity index (χ0v) is 10.7. The Bertz CT molecular complexity index is 1030. The molecular formula is C16H8FNO3. The molecule has 4 aromatic rings. The molecule has 4 rings (SSSR count). The molecule has 0 aliphatic rings. The lowest BCUT2D eigenvalue weighted by Gasteiger charge is -1.96. The van der Waals surface area contributed by atoms with E-state index in [1.54, 1.807) is 42.5 Å². The number of nitrogens with zero attached hydrogens (tertiary/aromatic N) is 1. The van der Waals surface area contributed by atoms with Gasteiger partial charge in [-0.3, -0.25) is 0 Å². The van der Waals surface area contributed by atoms with E-state index >= 15 is 0 Å². The largest absolute Gasteiger partial charge is 0.435 e. The van der Waals surface area contributed by atoms with Crippen molar-refractivity contribution in [1.82, 2.24) is 4.98 Å². The average molecular weight is 281 g/mol. The number of aromatic nitrogens is 1. The molecule has 5 heteroatoms. The molecule has 2 aromatic heterocycles. The van der Waals surface area contributed by atoms with Gasteiger partial charge in [-0.1, -0.05) is 24.3 Å². The third kappa shape index (κ3) is 1.74. The molecule has 4 nitrogen and oxygen atoms in total. The highest BCUT2D eigenvalue weighted by molar-refractivity contribution is 5.99. The van der Waals surface area contributed by atoms with Crippen molar-refractivity contribution in [2.45, 2.75) is 0 Å². The van der Waals surface area contributed by atoms with E-state index in [4.69, 9.17) is 8.83 Å². The van der Waals surface area contributed by atoms with Gasteiger partial charge in [0.2, 0.25) is 5.89 Å². The third-order valence-corrected chi connectivity index (χ3v) is 3.26. The Hall–Kier alpha value is -2.95. The molecule has 0 aliphatic carbocycles. The monoisotopic (exact) mass is 281 g/mol. The summed E-state index contributed by atoms with van der Waals surface area (Å²) >= 11 is 0. The first kappa shape index (κ1) is 11.8. The van der Waals surface area contributed by atoms with Crippen LogP contribution in [0.1, 0.15) is 0 Å². The molecule has 0 atom stereocenters. The van der Waals surface area contributed by atoms with E-state index in [1.165, 1.54) is 6.07 Å². The second-order valence-electron chi connectivity index (χ2n) is 4.56. The van der Waals surface area contributed by atoms with Crippen LogP contribution in [-0.2, 0) is 0 Å². The van der Waals surface area contributed by atoms with Crippen LogP contribution in [0.5, 0.6) is 0 Å². The molecule has 0 aliphatic heterocycles. The lowest BCUT2D eigenvalue weighted by Crippen LogP contribution is -1.99. The summed E-state index contributed by atoms with van der Waals surface area (Å²) in [6, 6.07) is 13.1. The zero-order chi connectivity index (χ0) is 14.4. The van der Waals surface area contributed by atoms with Gasteiger partial charge in [-0.05, 0) is 24.3 Å². The van der Waals surface area contributed by atoms with E-state index in [1.807, 2.05) is 0 Å². The van der Waals surface area contributed by atoms with Gasteiger partial charge in [0.1, 0.15) is 11.4 Å². The lowest BCUT2D eigenvalue weighted by molar-refractivity contribution is 0.565. The molecule has 0 radical (unpaired) electrons. The van der Waals surface area contributed by atoms with Crippen molar-refractivity contribution in [3.05, 3.63) is 64.8 Å². The van der Waals surface area contributed by atoms with Crippen molar-refractivity contribution in [3.8, 4) is 11.5 Å². The van der Waals surface area contributed by atoms with Crippen molar-refractivity contribution < 1.29 is 13.2 Å². The molecule has 0 spiro atoms. The number of oxazole rings is 1. The fraction of sp³-hybridized carbons (Fsp3) is 0. The van der Waals surface area contributed by atoms with Crippen molar-refractivity contribution in [1.29, 1.82) is 0 Å². The first-order valence-corrected chi connectivity index (χ1v) is 6.31. The Labute approximate surface area is 117 Å². The standard InChI is InChI=1S/C16H8FNO3/c17-11-7-3-1-5-9(11)15-18-13-14(21-15)10-6-2-4-8-12(10)20-16(13)19/h1-8H. The Balaban J connectivity index is 2.11. The minimum absolute atomic E-state index is 0.0618. The molecule has 0 saturated carbocycles. The molecule has 2 heterocycles. The number of para-hydroxylation sites is 1. The van der Waals surface area contributed by atoms with E-state index in [2.05, 4.69) is 4.98 Å². The first-order chi connectivity index (χ1) is 10.2. The summed E-state index contributed by atoms with van der Waals surface area (Å²) in [7, 11) is 0. The van der Waals surface area contributed by atoms with Gasteiger partial charge in [-0.25, -0.2) is 14.2 Å². The van der Waals surface area contributed by atoms with Crippen LogP contribution in [0.15, 0.2) is 62.2 Å². The predicted molar refractivity (Wildman–Crippen MR) is 75.4 cm³/mol. The molecule has 0 unspecified atom stereocenters. The van der Waals surface area contributed by atoms with Gasteiger partial charge >= 0.3 is 5.63 Å². The number of benzene rings is 2. The molecule has 0 saturated heterocycles. The first-order valence-electron chi connectivity index (χ1n) is 6.31. The van der Waals surface area contributed by atoms with Crippen LogP contribution in [0, 0.1) is 5.82 Å².